The summed E-state index contributed by atoms with van der Waals surface area (Å²) in [4.78, 5) is 28.5. The van der Waals surface area contributed by atoms with Gasteiger partial charge in [0.05, 0.1) is 24.8 Å². The lowest BCUT2D eigenvalue weighted by Crippen LogP contribution is -2.50. The number of piperazine rings is 1. The van der Waals surface area contributed by atoms with Crippen LogP contribution in [0.5, 0.6) is 11.5 Å². The van der Waals surface area contributed by atoms with Crippen molar-refractivity contribution >= 4 is 23.4 Å². The van der Waals surface area contributed by atoms with Gasteiger partial charge in [0, 0.05) is 31.7 Å². The van der Waals surface area contributed by atoms with Crippen LogP contribution >= 0.6 is 11.6 Å². The smallest absolute Gasteiger partial charge is 0.256 e. The van der Waals surface area contributed by atoms with Crippen LogP contribution in [0.1, 0.15) is 20.7 Å². The monoisotopic (exact) mass is 406 g/mol. The molecule has 148 valence electrons. The molecular weight excluding hydrogens is 387 g/mol. The topological polar surface area (TPSA) is 59.1 Å². The molecule has 2 amide bonds. The van der Waals surface area contributed by atoms with Gasteiger partial charge < -0.3 is 19.3 Å². The molecule has 1 saturated heterocycles. The fourth-order valence-electron chi connectivity index (χ4n) is 3.14. The molecule has 1 heterocycles. The summed E-state index contributed by atoms with van der Waals surface area (Å²) in [5, 5.41) is 0.276. The van der Waals surface area contributed by atoms with Gasteiger partial charge in [-0.05, 0) is 24.3 Å². The van der Waals surface area contributed by atoms with Crippen LogP contribution in [0.3, 0.4) is 0 Å². The third-order valence-electron chi connectivity index (χ3n) is 4.64. The van der Waals surface area contributed by atoms with E-state index in [2.05, 4.69) is 0 Å². The predicted molar refractivity (Wildman–Crippen MR) is 103 cm³/mol. The van der Waals surface area contributed by atoms with Gasteiger partial charge in [-0.3, -0.25) is 9.59 Å². The van der Waals surface area contributed by atoms with Crippen LogP contribution in [-0.2, 0) is 0 Å². The van der Waals surface area contributed by atoms with E-state index in [0.29, 0.717) is 43.2 Å². The van der Waals surface area contributed by atoms with Gasteiger partial charge in [0.15, 0.2) is 11.5 Å². The first-order valence-corrected chi connectivity index (χ1v) is 9.08. The van der Waals surface area contributed by atoms with Gasteiger partial charge in [-0.15, -0.1) is 0 Å². The Morgan fingerprint density at radius 3 is 2.14 bits per heavy atom. The lowest BCUT2D eigenvalue weighted by molar-refractivity contribution is 0.0532. The van der Waals surface area contributed by atoms with Crippen molar-refractivity contribution in [3.63, 3.8) is 0 Å². The summed E-state index contributed by atoms with van der Waals surface area (Å²) in [7, 11) is 2.94. The molecule has 0 atom stereocenters. The van der Waals surface area contributed by atoms with Crippen LogP contribution in [0.4, 0.5) is 4.39 Å². The SMILES string of the molecule is COc1cc(C(=O)N2CCN(C(=O)c3ccccc3F)CC2)cc(Cl)c1OC. The fraction of sp³-hybridized carbons (Fsp3) is 0.300. The maximum Gasteiger partial charge on any atom is 0.256 e. The largest absolute Gasteiger partial charge is 0.493 e. The first-order valence-electron chi connectivity index (χ1n) is 8.71. The first-order chi connectivity index (χ1) is 13.5. The number of amides is 2. The summed E-state index contributed by atoms with van der Waals surface area (Å²) in [6.45, 7) is 1.32. The van der Waals surface area contributed by atoms with Crippen molar-refractivity contribution in [3.05, 3.63) is 58.4 Å². The van der Waals surface area contributed by atoms with E-state index in [1.807, 2.05) is 0 Å². The summed E-state index contributed by atoms with van der Waals surface area (Å²) in [5.41, 5.74) is 0.408. The average molecular weight is 407 g/mol. The Kier molecular flexibility index (Phi) is 6.04. The molecule has 2 aromatic rings. The van der Waals surface area contributed by atoms with Crippen LogP contribution < -0.4 is 9.47 Å². The molecule has 6 nitrogen and oxygen atoms in total. The second kappa shape index (κ2) is 8.48. The molecule has 0 saturated carbocycles. The van der Waals surface area contributed by atoms with Crippen molar-refractivity contribution in [2.45, 2.75) is 0 Å². The molecule has 1 aliphatic rings. The van der Waals surface area contributed by atoms with Gasteiger partial charge in [0.1, 0.15) is 5.82 Å². The van der Waals surface area contributed by atoms with Crippen LogP contribution in [0, 0.1) is 5.82 Å². The molecule has 28 heavy (non-hydrogen) atoms. The number of hydrogen-bond acceptors (Lipinski definition) is 4. The first kappa shape index (κ1) is 19.9. The van der Waals surface area contributed by atoms with E-state index in [4.69, 9.17) is 21.1 Å². The van der Waals surface area contributed by atoms with Crippen molar-refractivity contribution in [1.82, 2.24) is 9.80 Å². The van der Waals surface area contributed by atoms with Crippen LogP contribution in [0.25, 0.3) is 0 Å². The van der Waals surface area contributed by atoms with E-state index in [-0.39, 0.29) is 22.4 Å². The standard InChI is InChI=1S/C20H20ClFN2O4/c1-27-17-12-13(11-15(21)18(17)28-2)19(25)23-7-9-24(10-8-23)20(26)14-5-3-4-6-16(14)22/h3-6,11-12H,7-10H2,1-2H3. The number of methoxy groups -OCH3 is 2. The van der Waals surface area contributed by atoms with Crippen molar-refractivity contribution < 1.29 is 23.5 Å². The Labute approximate surface area is 167 Å². The maximum absolute atomic E-state index is 13.8. The molecule has 3 rings (SSSR count). The molecule has 0 N–H and O–H groups in total. The Balaban J connectivity index is 1.70. The minimum absolute atomic E-state index is 0.0361. The van der Waals surface area contributed by atoms with Crippen molar-refractivity contribution in [2.24, 2.45) is 0 Å². The lowest BCUT2D eigenvalue weighted by Gasteiger charge is -2.35. The zero-order valence-corrected chi connectivity index (χ0v) is 16.3. The summed E-state index contributed by atoms with van der Waals surface area (Å²) in [5.74, 6) is -0.418. The molecule has 8 heteroatoms. The molecule has 1 fully saturated rings. The minimum atomic E-state index is -0.550. The molecule has 0 bridgehead atoms. The molecule has 1 aliphatic heterocycles. The highest BCUT2D eigenvalue weighted by Crippen LogP contribution is 2.36. The predicted octanol–water partition coefficient (Wildman–Crippen LogP) is 3.09. The number of rotatable bonds is 4. The van der Waals surface area contributed by atoms with Gasteiger partial charge in [0.25, 0.3) is 11.8 Å². The molecular formula is C20H20ClFN2O4. The normalized spacial score (nSPS) is 14.0. The Morgan fingerprint density at radius 1 is 0.964 bits per heavy atom. The molecule has 0 radical (unpaired) electrons. The summed E-state index contributed by atoms with van der Waals surface area (Å²) >= 11 is 6.18. The maximum atomic E-state index is 13.8. The number of hydrogen-bond donors (Lipinski definition) is 0. The third kappa shape index (κ3) is 3.89. The van der Waals surface area contributed by atoms with Gasteiger partial charge in [-0.25, -0.2) is 4.39 Å². The van der Waals surface area contributed by atoms with Gasteiger partial charge in [-0.1, -0.05) is 23.7 Å². The number of halogens is 2. The average Bonchev–Trinajstić information content (AvgIpc) is 2.72. The van der Waals surface area contributed by atoms with Gasteiger partial charge >= 0.3 is 0 Å². The highest BCUT2D eigenvalue weighted by atomic mass is 35.5. The molecule has 0 unspecified atom stereocenters. The number of nitrogens with zero attached hydrogens (tertiary/aromatic N) is 2. The molecule has 0 spiro atoms. The molecule has 2 aromatic carbocycles. The van der Waals surface area contributed by atoms with Crippen LogP contribution in [0.15, 0.2) is 36.4 Å². The zero-order valence-electron chi connectivity index (χ0n) is 15.6. The zero-order chi connectivity index (χ0) is 20.3. The lowest BCUT2D eigenvalue weighted by atomic mass is 10.1. The fourth-order valence-corrected chi connectivity index (χ4v) is 3.43. The quantitative estimate of drug-likeness (QED) is 0.783. The highest BCUT2D eigenvalue weighted by Gasteiger charge is 2.27. The minimum Gasteiger partial charge on any atom is -0.493 e. The van der Waals surface area contributed by atoms with Gasteiger partial charge in [-0.2, -0.15) is 0 Å². The Bertz CT molecular complexity index is 898. The van der Waals surface area contributed by atoms with Crippen LogP contribution in [-0.4, -0.2) is 62.0 Å². The van der Waals surface area contributed by atoms with E-state index in [9.17, 15) is 14.0 Å². The number of ether oxygens (including phenoxy) is 2. The second-order valence-electron chi connectivity index (χ2n) is 6.26. The van der Waals surface area contributed by atoms with E-state index >= 15 is 0 Å². The number of benzene rings is 2. The van der Waals surface area contributed by atoms with Gasteiger partial charge in [0.2, 0.25) is 0 Å². The molecule has 0 aromatic heterocycles. The third-order valence-corrected chi connectivity index (χ3v) is 4.92. The number of carbonyl (C=O) groups excluding carboxylic acids is 2. The van der Waals surface area contributed by atoms with E-state index < -0.39 is 5.82 Å². The van der Waals surface area contributed by atoms with Crippen molar-refractivity contribution in [3.8, 4) is 11.5 Å². The van der Waals surface area contributed by atoms with E-state index in [1.54, 1.807) is 21.9 Å². The van der Waals surface area contributed by atoms with E-state index in [0.717, 1.165) is 0 Å². The van der Waals surface area contributed by atoms with Crippen LogP contribution in [0.2, 0.25) is 5.02 Å². The Morgan fingerprint density at radius 2 is 1.57 bits per heavy atom. The van der Waals surface area contributed by atoms with Crippen molar-refractivity contribution in [1.29, 1.82) is 0 Å². The summed E-state index contributed by atoms with van der Waals surface area (Å²) < 4.78 is 24.3. The summed E-state index contributed by atoms with van der Waals surface area (Å²) in [6, 6.07) is 8.98. The molecule has 0 aliphatic carbocycles. The number of carbonyl (C=O) groups is 2. The van der Waals surface area contributed by atoms with Crippen molar-refractivity contribution in [2.75, 3.05) is 40.4 Å². The second-order valence-corrected chi connectivity index (χ2v) is 6.67. The summed E-state index contributed by atoms with van der Waals surface area (Å²) in [6.07, 6.45) is 0. The highest BCUT2D eigenvalue weighted by molar-refractivity contribution is 6.32. The Hall–Kier alpha value is -2.80. The van der Waals surface area contributed by atoms with E-state index in [1.165, 1.54) is 38.5 Å².